The molecule has 0 aliphatic heterocycles. The van der Waals surface area contributed by atoms with Gasteiger partial charge in [-0.2, -0.15) is 5.10 Å². The van der Waals surface area contributed by atoms with Gasteiger partial charge >= 0.3 is 0 Å². The number of H-pyrrole nitrogens is 2. The van der Waals surface area contributed by atoms with E-state index in [1.165, 1.54) is 0 Å². The molecule has 0 aliphatic rings. The largest absolute Gasteiger partial charge is 0.348 e. The maximum atomic E-state index is 12.7. The van der Waals surface area contributed by atoms with Crippen molar-refractivity contribution in [2.24, 2.45) is 0 Å². The van der Waals surface area contributed by atoms with Crippen LogP contribution in [0.5, 0.6) is 0 Å². The van der Waals surface area contributed by atoms with Gasteiger partial charge in [0.2, 0.25) is 0 Å². The second-order valence-electron chi connectivity index (χ2n) is 8.07. The molecular weight excluding hydrogens is 424 g/mol. The number of rotatable bonds is 5. The third-order valence-electron chi connectivity index (χ3n) is 5.81. The number of carbonyl (C=O) groups excluding carboxylic acids is 1. The zero-order valence-electron chi connectivity index (χ0n) is 18.1. The van der Waals surface area contributed by atoms with Gasteiger partial charge in [-0.25, -0.2) is 4.98 Å². The van der Waals surface area contributed by atoms with Gasteiger partial charge in [0.15, 0.2) is 5.82 Å². The van der Waals surface area contributed by atoms with Gasteiger partial charge in [0.25, 0.3) is 5.91 Å². The first-order valence-corrected chi connectivity index (χ1v) is 11.0. The maximum absolute atomic E-state index is 12.7. The molecule has 3 aromatic heterocycles. The maximum Gasteiger partial charge on any atom is 0.253 e. The Morgan fingerprint density at radius 2 is 1.71 bits per heavy atom. The molecule has 1 amide bonds. The van der Waals surface area contributed by atoms with E-state index in [0.29, 0.717) is 17.9 Å². The summed E-state index contributed by atoms with van der Waals surface area (Å²) >= 11 is 0. The van der Waals surface area contributed by atoms with Crippen LogP contribution in [0.15, 0.2) is 91.3 Å². The van der Waals surface area contributed by atoms with Crippen molar-refractivity contribution < 1.29 is 4.79 Å². The normalized spacial score (nSPS) is 11.2. The first-order chi connectivity index (χ1) is 16.7. The number of aromatic amines is 2. The van der Waals surface area contributed by atoms with E-state index < -0.39 is 0 Å². The first kappa shape index (κ1) is 19.9. The number of pyridine rings is 1. The first-order valence-electron chi connectivity index (χ1n) is 11.0. The minimum Gasteiger partial charge on any atom is -0.348 e. The summed E-state index contributed by atoms with van der Waals surface area (Å²) in [5.74, 6) is 0.544. The third-order valence-corrected chi connectivity index (χ3v) is 5.81. The highest BCUT2D eigenvalue weighted by Gasteiger charge is 2.14. The Morgan fingerprint density at radius 3 is 2.59 bits per heavy atom. The summed E-state index contributed by atoms with van der Waals surface area (Å²) in [6, 6.07) is 25.6. The number of fused-ring (bicyclic) bond motifs is 2. The Kier molecular flexibility index (Phi) is 4.85. The number of benzene rings is 3. The topological polar surface area (TPSA) is 99.3 Å². The average Bonchev–Trinajstić information content (AvgIpc) is 3.51. The van der Waals surface area contributed by atoms with E-state index in [1.807, 2.05) is 78.9 Å². The van der Waals surface area contributed by atoms with Gasteiger partial charge < -0.3 is 10.3 Å². The molecule has 0 spiro atoms. The highest BCUT2D eigenvalue weighted by molar-refractivity contribution is 5.97. The van der Waals surface area contributed by atoms with E-state index >= 15 is 0 Å². The molecular formula is C27H20N6O. The molecule has 0 aliphatic carbocycles. The van der Waals surface area contributed by atoms with Crippen LogP contribution in [-0.4, -0.2) is 31.1 Å². The molecule has 7 nitrogen and oxygen atoms in total. The molecule has 3 heterocycles. The predicted octanol–water partition coefficient (Wildman–Crippen LogP) is 5.10. The lowest BCUT2D eigenvalue weighted by molar-refractivity contribution is 0.0950. The molecule has 34 heavy (non-hydrogen) atoms. The summed E-state index contributed by atoms with van der Waals surface area (Å²) in [6.07, 6.45) is 3.34. The summed E-state index contributed by atoms with van der Waals surface area (Å²) in [5.41, 5.74) is 6.86. The minimum absolute atomic E-state index is 0.162. The number of aromatic nitrogens is 5. The zero-order chi connectivity index (χ0) is 22.9. The molecule has 0 bridgehead atoms. The van der Waals surface area contributed by atoms with Gasteiger partial charge in [-0.15, -0.1) is 0 Å². The number of para-hydroxylation sites is 2. The molecule has 0 fully saturated rings. The Labute approximate surface area is 194 Å². The number of hydrogen-bond donors (Lipinski definition) is 3. The molecule has 6 rings (SSSR count). The third kappa shape index (κ3) is 3.69. The van der Waals surface area contributed by atoms with Crippen LogP contribution in [0.4, 0.5) is 0 Å². The van der Waals surface area contributed by atoms with Crippen LogP contribution >= 0.6 is 0 Å². The molecule has 0 radical (unpaired) electrons. The lowest BCUT2D eigenvalue weighted by Gasteiger charge is -2.07. The fraction of sp³-hybridized carbons (Fsp3) is 0.0370. The predicted molar refractivity (Wildman–Crippen MR) is 132 cm³/mol. The van der Waals surface area contributed by atoms with Crippen molar-refractivity contribution in [2.45, 2.75) is 6.54 Å². The molecule has 0 saturated heterocycles. The monoisotopic (exact) mass is 444 g/mol. The van der Waals surface area contributed by atoms with Crippen LogP contribution in [0.25, 0.3) is 44.6 Å². The number of carbonyl (C=O) groups is 1. The van der Waals surface area contributed by atoms with Crippen LogP contribution in [-0.2, 0) is 6.54 Å². The summed E-state index contributed by atoms with van der Waals surface area (Å²) in [5, 5.41) is 11.5. The van der Waals surface area contributed by atoms with Gasteiger partial charge in [-0.1, -0.05) is 48.5 Å². The van der Waals surface area contributed by atoms with Crippen molar-refractivity contribution in [1.29, 1.82) is 0 Å². The summed E-state index contributed by atoms with van der Waals surface area (Å²) < 4.78 is 0. The smallest absolute Gasteiger partial charge is 0.253 e. The number of imidazole rings is 1. The van der Waals surface area contributed by atoms with Crippen LogP contribution in [0, 0.1) is 0 Å². The fourth-order valence-electron chi connectivity index (χ4n) is 4.04. The second-order valence-corrected chi connectivity index (χ2v) is 8.07. The van der Waals surface area contributed by atoms with Crippen molar-refractivity contribution >= 4 is 27.8 Å². The number of amides is 1. The van der Waals surface area contributed by atoms with Gasteiger partial charge in [0.05, 0.1) is 22.1 Å². The van der Waals surface area contributed by atoms with Crippen molar-refractivity contribution in [3.8, 4) is 22.6 Å². The fourth-order valence-corrected chi connectivity index (χ4v) is 4.04. The number of hydrogen-bond acceptors (Lipinski definition) is 4. The Morgan fingerprint density at radius 1 is 0.853 bits per heavy atom. The number of nitrogens with zero attached hydrogens (tertiary/aromatic N) is 3. The van der Waals surface area contributed by atoms with E-state index in [9.17, 15) is 4.79 Å². The molecule has 0 atom stereocenters. The standard InChI is InChI=1S/C27H20N6O/c34-27(29-14-17-6-2-1-3-7-17)20-12-19(15-28-16-20)18-10-11-22-21(13-18)25(33-32-22)26-30-23-8-4-5-9-24(23)31-26/h1-13,15-16H,14H2,(H,29,34)(H,30,31)(H,32,33). The molecule has 0 unspecified atom stereocenters. The average molecular weight is 444 g/mol. The lowest BCUT2D eigenvalue weighted by atomic mass is 10.0. The summed E-state index contributed by atoms with van der Waals surface area (Å²) in [4.78, 5) is 25.1. The van der Waals surface area contributed by atoms with E-state index in [1.54, 1.807) is 12.4 Å². The van der Waals surface area contributed by atoms with Crippen LogP contribution < -0.4 is 5.32 Å². The Hall–Kier alpha value is -4.78. The van der Waals surface area contributed by atoms with Gasteiger partial charge in [0.1, 0.15) is 5.69 Å². The van der Waals surface area contributed by atoms with Gasteiger partial charge in [-0.3, -0.25) is 14.9 Å². The SMILES string of the molecule is O=C(NCc1ccccc1)c1cncc(-c2ccc3[nH]nc(-c4nc5ccccc5[nH]4)c3c2)c1. The molecule has 6 aromatic rings. The second kappa shape index (κ2) is 8.29. The van der Waals surface area contributed by atoms with E-state index in [2.05, 4.69) is 30.5 Å². The van der Waals surface area contributed by atoms with Crippen LogP contribution in [0.2, 0.25) is 0 Å². The molecule has 0 saturated carbocycles. The van der Waals surface area contributed by atoms with Gasteiger partial charge in [0, 0.05) is 29.9 Å². The van der Waals surface area contributed by atoms with Crippen molar-refractivity contribution in [2.75, 3.05) is 0 Å². The summed E-state index contributed by atoms with van der Waals surface area (Å²) in [7, 11) is 0. The number of nitrogens with one attached hydrogen (secondary N) is 3. The van der Waals surface area contributed by atoms with E-state index in [4.69, 9.17) is 0 Å². The zero-order valence-corrected chi connectivity index (χ0v) is 18.1. The van der Waals surface area contributed by atoms with Crippen molar-refractivity contribution in [3.05, 3.63) is 102 Å². The highest BCUT2D eigenvalue weighted by Crippen LogP contribution is 2.30. The van der Waals surface area contributed by atoms with Crippen molar-refractivity contribution in [3.63, 3.8) is 0 Å². The molecule has 3 aromatic carbocycles. The highest BCUT2D eigenvalue weighted by atomic mass is 16.1. The van der Waals surface area contributed by atoms with Crippen molar-refractivity contribution in [1.82, 2.24) is 30.5 Å². The van der Waals surface area contributed by atoms with Gasteiger partial charge in [-0.05, 0) is 41.5 Å². The van der Waals surface area contributed by atoms with E-state index in [0.717, 1.165) is 44.3 Å². The molecule has 164 valence electrons. The van der Waals surface area contributed by atoms with Crippen LogP contribution in [0.1, 0.15) is 15.9 Å². The minimum atomic E-state index is -0.162. The molecule has 3 N–H and O–H groups in total. The Balaban J connectivity index is 1.31. The Bertz CT molecular complexity index is 1600. The van der Waals surface area contributed by atoms with E-state index in [-0.39, 0.29) is 5.91 Å². The quantitative estimate of drug-likeness (QED) is 0.345. The van der Waals surface area contributed by atoms with Crippen LogP contribution in [0.3, 0.4) is 0 Å². The summed E-state index contributed by atoms with van der Waals surface area (Å²) in [6.45, 7) is 0.464. The lowest BCUT2D eigenvalue weighted by Crippen LogP contribution is -2.22. The molecule has 7 heteroatoms.